The molecule has 0 radical (unpaired) electrons. The van der Waals surface area contributed by atoms with E-state index in [2.05, 4.69) is 20.9 Å². The summed E-state index contributed by atoms with van der Waals surface area (Å²) in [6, 6.07) is 3.81. The fourth-order valence-electron chi connectivity index (χ4n) is 1.92. The van der Waals surface area contributed by atoms with Gasteiger partial charge in [-0.05, 0) is 35.0 Å². The van der Waals surface area contributed by atoms with E-state index in [1.807, 2.05) is 30.7 Å². The Kier molecular flexibility index (Phi) is 3.52. The number of rotatable bonds is 2. The minimum absolute atomic E-state index is 0.342. The first-order valence-corrected chi connectivity index (χ1v) is 6.20. The van der Waals surface area contributed by atoms with Crippen LogP contribution < -0.4 is 0 Å². The van der Waals surface area contributed by atoms with Gasteiger partial charge in [0.25, 0.3) is 0 Å². The Labute approximate surface area is 114 Å². The smallest absolute Gasteiger partial charge is 0.340 e. The molecule has 0 bridgehead atoms. The second kappa shape index (κ2) is 4.94. The van der Waals surface area contributed by atoms with Crippen molar-refractivity contribution in [1.82, 2.24) is 9.55 Å². The summed E-state index contributed by atoms with van der Waals surface area (Å²) in [6.07, 6.45) is 3.48. The van der Waals surface area contributed by atoms with Gasteiger partial charge in [-0.1, -0.05) is 0 Å². The Morgan fingerprint density at radius 3 is 2.78 bits per heavy atom. The molecule has 2 aromatic rings. The Bertz CT molecular complexity index is 591. The molecule has 0 unspecified atom stereocenters. The number of hydrogen-bond donors (Lipinski definition) is 0. The quantitative estimate of drug-likeness (QED) is 0.801. The van der Waals surface area contributed by atoms with Gasteiger partial charge in [0.2, 0.25) is 0 Å². The number of carbonyl (C=O) groups excluding carboxylic acids is 1. The van der Waals surface area contributed by atoms with E-state index in [9.17, 15) is 4.79 Å². The van der Waals surface area contributed by atoms with Crippen molar-refractivity contribution in [3.8, 4) is 11.3 Å². The van der Waals surface area contributed by atoms with Gasteiger partial charge in [0.1, 0.15) is 0 Å². The number of methoxy groups -OCH3 is 1. The SMILES string of the molecule is COC(=O)c1c(Br)c(-c2cccnc2)n(C)c1C. The third kappa shape index (κ3) is 1.95. The zero-order valence-corrected chi connectivity index (χ0v) is 12.0. The molecule has 2 aromatic heterocycles. The van der Waals surface area contributed by atoms with Crippen molar-refractivity contribution in [3.05, 3.63) is 40.3 Å². The minimum atomic E-state index is -0.342. The summed E-state index contributed by atoms with van der Waals surface area (Å²) in [7, 11) is 3.29. The molecule has 0 aliphatic rings. The minimum Gasteiger partial charge on any atom is -0.465 e. The number of hydrogen-bond acceptors (Lipinski definition) is 3. The second-order valence-electron chi connectivity index (χ2n) is 3.92. The molecular formula is C13H13BrN2O2. The van der Waals surface area contributed by atoms with Crippen LogP contribution in [0.4, 0.5) is 0 Å². The Hall–Kier alpha value is -1.62. The van der Waals surface area contributed by atoms with Gasteiger partial charge in [0.15, 0.2) is 0 Å². The van der Waals surface area contributed by atoms with E-state index in [1.54, 1.807) is 12.4 Å². The number of carbonyl (C=O) groups is 1. The van der Waals surface area contributed by atoms with Gasteiger partial charge >= 0.3 is 5.97 Å². The van der Waals surface area contributed by atoms with Crippen molar-refractivity contribution in [2.45, 2.75) is 6.92 Å². The van der Waals surface area contributed by atoms with Crippen molar-refractivity contribution < 1.29 is 9.53 Å². The van der Waals surface area contributed by atoms with Gasteiger partial charge in [-0.15, -0.1) is 0 Å². The van der Waals surface area contributed by atoms with E-state index in [4.69, 9.17) is 4.74 Å². The maximum atomic E-state index is 11.8. The van der Waals surface area contributed by atoms with E-state index >= 15 is 0 Å². The highest BCUT2D eigenvalue weighted by molar-refractivity contribution is 9.10. The summed E-state index contributed by atoms with van der Waals surface area (Å²) in [5.41, 5.74) is 3.28. The van der Waals surface area contributed by atoms with Gasteiger partial charge in [-0.2, -0.15) is 0 Å². The first-order chi connectivity index (χ1) is 8.57. The Balaban J connectivity index is 2.68. The lowest BCUT2D eigenvalue weighted by atomic mass is 10.2. The summed E-state index contributed by atoms with van der Waals surface area (Å²) < 4.78 is 7.49. The van der Waals surface area contributed by atoms with Gasteiger partial charge in [-0.3, -0.25) is 4.98 Å². The number of aromatic nitrogens is 2. The molecule has 0 N–H and O–H groups in total. The number of esters is 1. The number of pyridine rings is 1. The largest absolute Gasteiger partial charge is 0.465 e. The molecular weight excluding hydrogens is 296 g/mol. The van der Waals surface area contributed by atoms with Crippen LogP contribution in [0, 0.1) is 6.92 Å². The van der Waals surface area contributed by atoms with Crippen molar-refractivity contribution in [2.75, 3.05) is 7.11 Å². The standard InChI is InChI=1S/C13H13BrN2O2/c1-8-10(13(17)18-3)11(14)12(16(8)2)9-5-4-6-15-7-9/h4-7H,1-3H3. The second-order valence-corrected chi connectivity index (χ2v) is 4.71. The number of ether oxygens (including phenoxy) is 1. The van der Waals surface area contributed by atoms with Crippen LogP contribution in [0.1, 0.15) is 16.1 Å². The van der Waals surface area contributed by atoms with Crippen molar-refractivity contribution in [3.63, 3.8) is 0 Å². The molecule has 0 aliphatic heterocycles. The number of halogens is 1. The van der Waals surface area contributed by atoms with Crippen LogP contribution in [-0.2, 0) is 11.8 Å². The van der Waals surface area contributed by atoms with Gasteiger partial charge in [-0.25, -0.2) is 4.79 Å². The van der Waals surface area contributed by atoms with Crippen LogP contribution in [0.3, 0.4) is 0 Å². The summed E-state index contributed by atoms with van der Waals surface area (Å²) in [5, 5.41) is 0. The third-order valence-corrected chi connectivity index (χ3v) is 3.72. The zero-order valence-electron chi connectivity index (χ0n) is 10.4. The molecule has 0 fully saturated rings. The van der Waals surface area contributed by atoms with Gasteiger partial charge in [0, 0.05) is 30.7 Å². The lowest BCUT2D eigenvalue weighted by molar-refractivity contribution is 0.0599. The maximum absolute atomic E-state index is 11.8. The van der Waals surface area contributed by atoms with Crippen LogP contribution >= 0.6 is 15.9 Å². The molecule has 2 heterocycles. The summed E-state index contributed by atoms with van der Waals surface area (Å²) >= 11 is 3.48. The maximum Gasteiger partial charge on any atom is 0.340 e. The van der Waals surface area contributed by atoms with Crippen molar-refractivity contribution >= 4 is 21.9 Å². The summed E-state index contributed by atoms with van der Waals surface area (Å²) in [5.74, 6) is -0.342. The monoisotopic (exact) mass is 308 g/mol. The topological polar surface area (TPSA) is 44.1 Å². The molecule has 0 amide bonds. The van der Waals surface area contributed by atoms with Crippen molar-refractivity contribution in [2.24, 2.45) is 7.05 Å². The van der Waals surface area contributed by atoms with E-state index < -0.39 is 0 Å². The lowest BCUT2D eigenvalue weighted by Gasteiger charge is -2.04. The highest BCUT2D eigenvalue weighted by Crippen LogP contribution is 2.35. The molecule has 0 saturated heterocycles. The first kappa shape index (κ1) is 12.8. The van der Waals surface area contributed by atoms with Gasteiger partial charge < -0.3 is 9.30 Å². The van der Waals surface area contributed by atoms with Crippen molar-refractivity contribution in [1.29, 1.82) is 0 Å². The van der Waals surface area contributed by atoms with E-state index in [1.165, 1.54) is 7.11 Å². The predicted octanol–water partition coefficient (Wildman–Crippen LogP) is 2.94. The zero-order chi connectivity index (χ0) is 13.3. The Morgan fingerprint density at radius 1 is 1.50 bits per heavy atom. The molecule has 0 spiro atoms. The molecule has 94 valence electrons. The van der Waals surface area contributed by atoms with Crippen LogP contribution in [0.25, 0.3) is 11.3 Å². The summed E-state index contributed by atoms with van der Waals surface area (Å²) in [4.78, 5) is 15.9. The molecule has 4 nitrogen and oxygen atoms in total. The normalized spacial score (nSPS) is 10.4. The van der Waals surface area contributed by atoms with Crippen LogP contribution in [0.15, 0.2) is 29.0 Å². The van der Waals surface area contributed by atoms with Crippen LogP contribution in [-0.4, -0.2) is 22.6 Å². The van der Waals surface area contributed by atoms with Gasteiger partial charge in [0.05, 0.1) is 22.8 Å². The molecule has 0 aromatic carbocycles. The van der Waals surface area contributed by atoms with E-state index in [0.717, 1.165) is 21.4 Å². The lowest BCUT2D eigenvalue weighted by Crippen LogP contribution is -2.03. The van der Waals surface area contributed by atoms with E-state index in [0.29, 0.717) is 5.56 Å². The fraction of sp³-hybridized carbons (Fsp3) is 0.231. The Morgan fingerprint density at radius 2 is 2.22 bits per heavy atom. The molecule has 18 heavy (non-hydrogen) atoms. The molecule has 0 atom stereocenters. The molecule has 0 saturated carbocycles. The molecule has 5 heteroatoms. The van der Waals surface area contributed by atoms with Crippen LogP contribution in [0.5, 0.6) is 0 Å². The average Bonchev–Trinajstić information content (AvgIpc) is 2.61. The first-order valence-electron chi connectivity index (χ1n) is 5.41. The fourth-order valence-corrected chi connectivity index (χ4v) is 2.87. The van der Waals surface area contributed by atoms with E-state index in [-0.39, 0.29) is 5.97 Å². The number of nitrogens with zero attached hydrogens (tertiary/aromatic N) is 2. The summed E-state index contributed by atoms with van der Waals surface area (Å²) in [6.45, 7) is 1.89. The predicted molar refractivity (Wildman–Crippen MR) is 72.4 cm³/mol. The highest BCUT2D eigenvalue weighted by Gasteiger charge is 2.23. The highest BCUT2D eigenvalue weighted by atomic mass is 79.9. The molecule has 2 rings (SSSR count). The molecule has 0 aliphatic carbocycles. The average molecular weight is 309 g/mol. The third-order valence-electron chi connectivity index (χ3n) is 2.95. The van der Waals surface area contributed by atoms with Crippen LogP contribution in [0.2, 0.25) is 0 Å².